The maximum atomic E-state index is 13.3. The molecule has 2 aromatic heterocycles. The summed E-state index contributed by atoms with van der Waals surface area (Å²) in [5.41, 5.74) is 5.81. The fraction of sp³-hybridized carbons (Fsp3) is 0.250. The molecule has 28 heavy (non-hydrogen) atoms. The van der Waals surface area contributed by atoms with Crippen molar-refractivity contribution in [2.45, 2.75) is 19.3 Å². The van der Waals surface area contributed by atoms with Crippen molar-refractivity contribution in [2.24, 2.45) is 0 Å². The monoisotopic (exact) mass is 374 g/mol. The molecule has 1 aliphatic heterocycles. The van der Waals surface area contributed by atoms with Crippen LogP contribution in [0.4, 0.5) is 4.39 Å². The van der Waals surface area contributed by atoms with Crippen LogP contribution in [0.3, 0.4) is 0 Å². The topological polar surface area (TPSA) is 32.2 Å². The number of aromatic amines is 1. The summed E-state index contributed by atoms with van der Waals surface area (Å²) in [4.78, 5) is 5.80. The molecule has 0 unspecified atom stereocenters. The third kappa shape index (κ3) is 3.25. The first-order chi connectivity index (χ1) is 13.8. The maximum absolute atomic E-state index is 13.3. The Morgan fingerprint density at radius 3 is 2.96 bits per heavy atom. The van der Waals surface area contributed by atoms with Crippen molar-refractivity contribution in [3.05, 3.63) is 77.9 Å². The molecule has 0 saturated carbocycles. The van der Waals surface area contributed by atoms with E-state index < -0.39 is 0 Å². The molecule has 0 spiro atoms. The van der Waals surface area contributed by atoms with Gasteiger partial charge in [0.1, 0.15) is 11.4 Å². The predicted molar refractivity (Wildman–Crippen MR) is 112 cm³/mol. The number of halogens is 1. The Morgan fingerprint density at radius 2 is 2.07 bits per heavy atom. The molecule has 0 atom stereocenters. The van der Waals surface area contributed by atoms with Crippen LogP contribution < -0.4 is 0 Å². The minimum atomic E-state index is -0.250. The fourth-order valence-electron chi connectivity index (χ4n) is 4.27. The number of furan rings is 1. The van der Waals surface area contributed by atoms with Gasteiger partial charge in [0.05, 0.1) is 6.26 Å². The molecule has 0 radical (unpaired) electrons. The average Bonchev–Trinajstić information content (AvgIpc) is 3.35. The summed E-state index contributed by atoms with van der Waals surface area (Å²) in [6.07, 6.45) is 9.27. The summed E-state index contributed by atoms with van der Waals surface area (Å²) in [5.74, 6) is -0.250. The number of hydrogen-bond donors (Lipinski definition) is 1. The second kappa shape index (κ2) is 7.28. The second-order valence-electron chi connectivity index (χ2n) is 7.53. The van der Waals surface area contributed by atoms with Gasteiger partial charge in [0.25, 0.3) is 0 Å². The third-order valence-corrected chi connectivity index (χ3v) is 5.77. The van der Waals surface area contributed by atoms with Gasteiger partial charge >= 0.3 is 0 Å². The summed E-state index contributed by atoms with van der Waals surface area (Å²) < 4.78 is 18.8. The number of aromatic nitrogens is 1. The highest BCUT2D eigenvalue weighted by molar-refractivity contribution is 5.92. The van der Waals surface area contributed by atoms with E-state index in [2.05, 4.69) is 40.2 Å². The van der Waals surface area contributed by atoms with Gasteiger partial charge in [-0.05, 0) is 66.8 Å². The minimum Gasteiger partial charge on any atom is -0.464 e. The van der Waals surface area contributed by atoms with E-state index in [1.165, 1.54) is 39.7 Å². The highest BCUT2D eigenvalue weighted by Gasteiger charge is 2.15. The lowest BCUT2D eigenvalue weighted by molar-refractivity contribution is 0.298. The van der Waals surface area contributed by atoms with E-state index in [4.69, 9.17) is 4.42 Å². The van der Waals surface area contributed by atoms with Gasteiger partial charge in [-0.25, -0.2) is 4.39 Å². The third-order valence-electron chi connectivity index (χ3n) is 5.77. The zero-order chi connectivity index (χ0) is 18.9. The van der Waals surface area contributed by atoms with Crippen molar-refractivity contribution in [3.8, 4) is 0 Å². The van der Waals surface area contributed by atoms with Crippen molar-refractivity contribution in [2.75, 3.05) is 19.6 Å². The van der Waals surface area contributed by atoms with Crippen LogP contribution in [0.25, 0.3) is 27.4 Å². The second-order valence-corrected chi connectivity index (χ2v) is 7.53. The molecule has 5 rings (SSSR count). The van der Waals surface area contributed by atoms with E-state index in [1.807, 2.05) is 12.3 Å². The number of benzene rings is 2. The lowest BCUT2D eigenvalue weighted by atomic mass is 9.96. The molecule has 142 valence electrons. The van der Waals surface area contributed by atoms with Crippen LogP contribution in [0.2, 0.25) is 0 Å². The van der Waals surface area contributed by atoms with Crippen molar-refractivity contribution >= 4 is 27.4 Å². The molecule has 1 aliphatic rings. The van der Waals surface area contributed by atoms with E-state index in [0.29, 0.717) is 5.58 Å². The Bertz CT molecular complexity index is 1150. The van der Waals surface area contributed by atoms with Gasteiger partial charge in [-0.2, -0.15) is 0 Å². The lowest BCUT2D eigenvalue weighted by Crippen LogP contribution is -2.29. The van der Waals surface area contributed by atoms with Crippen molar-refractivity contribution < 1.29 is 8.81 Å². The number of fused-ring (bicyclic) bond motifs is 2. The van der Waals surface area contributed by atoms with Gasteiger partial charge in [0.15, 0.2) is 0 Å². The molecule has 4 heteroatoms. The first-order valence-corrected chi connectivity index (χ1v) is 9.91. The maximum Gasteiger partial charge on any atom is 0.137 e. The molecular formula is C24H23FN2O. The van der Waals surface area contributed by atoms with Crippen LogP contribution in [0, 0.1) is 5.82 Å². The summed E-state index contributed by atoms with van der Waals surface area (Å²) in [7, 11) is 0. The number of rotatable bonds is 5. The summed E-state index contributed by atoms with van der Waals surface area (Å²) in [6.45, 7) is 3.14. The van der Waals surface area contributed by atoms with Crippen molar-refractivity contribution in [1.82, 2.24) is 9.88 Å². The molecule has 2 aromatic carbocycles. The number of aryl methyl sites for hydroxylation is 1. The molecule has 0 bridgehead atoms. The Balaban J connectivity index is 1.21. The van der Waals surface area contributed by atoms with Crippen LogP contribution >= 0.6 is 0 Å². The number of hydrogen-bond acceptors (Lipinski definition) is 2. The highest BCUT2D eigenvalue weighted by Crippen LogP contribution is 2.29. The molecule has 4 aromatic rings. The molecule has 0 amide bonds. The van der Waals surface area contributed by atoms with Gasteiger partial charge in [-0.15, -0.1) is 0 Å². The summed E-state index contributed by atoms with van der Waals surface area (Å²) in [5, 5.41) is 2.34. The lowest BCUT2D eigenvalue weighted by Gasteiger charge is -2.26. The quantitative estimate of drug-likeness (QED) is 0.480. The van der Waals surface area contributed by atoms with Gasteiger partial charge in [0.2, 0.25) is 0 Å². The van der Waals surface area contributed by atoms with Crippen LogP contribution in [0.1, 0.15) is 24.0 Å². The number of H-pyrrole nitrogens is 1. The summed E-state index contributed by atoms with van der Waals surface area (Å²) >= 11 is 0. The molecular weight excluding hydrogens is 351 g/mol. The standard InChI is InChI=1S/C24H23FN2O/c25-19-6-7-21-18(16-28-24(21)15-19)3-2-12-27-13-9-17(10-14-27)20-4-1-5-23-22(20)8-11-26-23/h1,4-9,11,15-16,26H,2-3,10,12-14H2. The first-order valence-electron chi connectivity index (χ1n) is 9.91. The van der Waals surface area contributed by atoms with Gasteiger partial charge in [-0.3, -0.25) is 4.90 Å². The Labute approximate surface area is 163 Å². The van der Waals surface area contributed by atoms with Crippen LogP contribution in [-0.4, -0.2) is 29.5 Å². The number of nitrogens with one attached hydrogen (secondary N) is 1. The molecule has 0 fully saturated rings. The van der Waals surface area contributed by atoms with Gasteiger partial charge in [0, 0.05) is 41.6 Å². The molecule has 3 nitrogen and oxygen atoms in total. The average molecular weight is 374 g/mol. The smallest absolute Gasteiger partial charge is 0.137 e. The number of nitrogens with zero attached hydrogens (tertiary/aromatic N) is 1. The summed E-state index contributed by atoms with van der Waals surface area (Å²) in [6, 6.07) is 13.4. The molecule has 0 saturated heterocycles. The molecule has 1 N–H and O–H groups in total. The zero-order valence-electron chi connectivity index (χ0n) is 15.7. The largest absolute Gasteiger partial charge is 0.464 e. The van der Waals surface area contributed by atoms with Crippen molar-refractivity contribution in [1.29, 1.82) is 0 Å². The minimum absolute atomic E-state index is 0.250. The molecule has 0 aliphatic carbocycles. The fourth-order valence-corrected chi connectivity index (χ4v) is 4.27. The van der Waals surface area contributed by atoms with Crippen LogP contribution in [-0.2, 0) is 6.42 Å². The predicted octanol–water partition coefficient (Wildman–Crippen LogP) is 5.78. The van der Waals surface area contributed by atoms with Crippen LogP contribution in [0.5, 0.6) is 0 Å². The van der Waals surface area contributed by atoms with E-state index in [1.54, 1.807) is 6.26 Å². The first kappa shape index (κ1) is 17.3. The van der Waals surface area contributed by atoms with E-state index in [-0.39, 0.29) is 5.82 Å². The van der Waals surface area contributed by atoms with Crippen molar-refractivity contribution in [3.63, 3.8) is 0 Å². The van der Waals surface area contributed by atoms with E-state index >= 15 is 0 Å². The van der Waals surface area contributed by atoms with Crippen LogP contribution in [0.15, 0.2) is 65.4 Å². The normalized spacial score (nSPS) is 15.4. The highest BCUT2D eigenvalue weighted by atomic mass is 19.1. The molecule has 3 heterocycles. The van der Waals surface area contributed by atoms with Gasteiger partial charge in [-0.1, -0.05) is 18.2 Å². The van der Waals surface area contributed by atoms with Gasteiger partial charge < -0.3 is 9.40 Å². The van der Waals surface area contributed by atoms with E-state index in [9.17, 15) is 4.39 Å². The van der Waals surface area contributed by atoms with E-state index in [0.717, 1.165) is 44.3 Å². The Hall–Kier alpha value is -2.85. The Kier molecular flexibility index (Phi) is 4.49. The SMILES string of the molecule is Fc1ccc2c(CCCN3CC=C(c4cccc5[nH]ccc45)CC3)coc2c1. The Morgan fingerprint density at radius 1 is 1.11 bits per heavy atom. The zero-order valence-corrected chi connectivity index (χ0v) is 15.7.